The number of aliphatic hydroxyl groups is 1. The van der Waals surface area contributed by atoms with E-state index in [0.29, 0.717) is 36.1 Å². The number of nitrogens with one attached hydrogen (secondary N) is 20. The van der Waals surface area contributed by atoms with Crippen LogP contribution in [-0.2, 0) is 96.0 Å². The molecular weight excluding hydrogens is 1660 g/mol. The van der Waals surface area contributed by atoms with Crippen molar-refractivity contribution in [3.05, 3.63) is 77.9 Å². The second-order valence-electron chi connectivity index (χ2n) is 32.7. The van der Waals surface area contributed by atoms with Crippen LogP contribution in [0.15, 0.2) is 61.1 Å². The topological polar surface area (TPSA) is 783 Å². The third-order valence-corrected chi connectivity index (χ3v) is 20.4. The molecule has 0 saturated heterocycles. The zero-order valence-electron chi connectivity index (χ0n) is 72.9. The largest absolute Gasteiger partial charge is 0.508 e. The first-order valence-electron chi connectivity index (χ1n) is 42.0. The van der Waals surface area contributed by atoms with Crippen LogP contribution in [0.3, 0.4) is 0 Å². The predicted octanol–water partition coefficient (Wildman–Crippen LogP) is -5.95. The van der Waals surface area contributed by atoms with Gasteiger partial charge in [0.15, 0.2) is 17.9 Å². The van der Waals surface area contributed by atoms with Gasteiger partial charge in [0.25, 0.3) is 0 Å². The minimum atomic E-state index is -1.94. The van der Waals surface area contributed by atoms with Crippen LogP contribution in [-0.4, -0.2) is 241 Å². The van der Waals surface area contributed by atoms with Gasteiger partial charge in [0.2, 0.25) is 94.5 Å². The van der Waals surface area contributed by atoms with Crippen LogP contribution in [0.5, 0.6) is 11.5 Å². The third kappa shape index (κ3) is 38.7. The van der Waals surface area contributed by atoms with Crippen molar-refractivity contribution in [2.24, 2.45) is 52.2 Å². The van der Waals surface area contributed by atoms with Gasteiger partial charge in [0.1, 0.15) is 89.5 Å². The molecule has 46 heteroatoms. The molecule has 4 rings (SSSR count). The molecule has 35 N–H and O–H groups in total. The van der Waals surface area contributed by atoms with E-state index in [4.69, 9.17) is 50.6 Å². The zero-order chi connectivity index (χ0) is 94.9. The van der Waals surface area contributed by atoms with Gasteiger partial charge >= 0.3 is 0 Å². The number of carbonyl (C=O) groups excluding carboxylic acids is 16. The molecule has 1 aromatic heterocycles. The number of phenols is 2. The molecule has 127 heavy (non-hydrogen) atoms. The van der Waals surface area contributed by atoms with Crippen LogP contribution in [0.25, 0.3) is 0 Å². The number of carbonyl (C=O) groups is 16. The van der Waals surface area contributed by atoms with E-state index >= 15 is 9.59 Å². The molecule has 13 atom stereocenters. The fourth-order valence-electron chi connectivity index (χ4n) is 13.8. The van der Waals surface area contributed by atoms with E-state index in [2.05, 4.69) is 95.0 Å². The van der Waals surface area contributed by atoms with E-state index in [-0.39, 0.29) is 126 Å². The van der Waals surface area contributed by atoms with Crippen molar-refractivity contribution < 1.29 is 92.0 Å². The van der Waals surface area contributed by atoms with E-state index in [1.165, 1.54) is 81.8 Å². The number of amides is 16. The molecule has 702 valence electrons. The lowest BCUT2D eigenvalue weighted by Crippen LogP contribution is -2.66. The Labute approximate surface area is 735 Å². The number of aliphatic hydroxyl groups excluding tert-OH is 1. The first-order valence-corrected chi connectivity index (χ1v) is 42.0. The number of hydrogen-bond donors (Lipinski definition) is 29. The second kappa shape index (κ2) is 53.0. The minimum absolute atomic E-state index is 0.0175. The number of aromatic nitrogens is 2. The molecule has 0 radical (unpaired) electrons. The van der Waals surface area contributed by atoms with Crippen LogP contribution in [0.1, 0.15) is 175 Å². The van der Waals surface area contributed by atoms with E-state index in [1.54, 1.807) is 13.8 Å². The third-order valence-electron chi connectivity index (χ3n) is 20.4. The highest BCUT2D eigenvalue weighted by Gasteiger charge is 2.46. The van der Waals surface area contributed by atoms with Gasteiger partial charge in [0.05, 0.1) is 18.9 Å². The summed E-state index contributed by atoms with van der Waals surface area (Å²) in [6, 6.07) is -7.56. The van der Waals surface area contributed by atoms with Crippen molar-refractivity contribution in [1.29, 1.82) is 16.2 Å². The number of nitrogens with two attached hydrogens (primary N) is 6. The van der Waals surface area contributed by atoms with Gasteiger partial charge in [0, 0.05) is 64.1 Å². The summed E-state index contributed by atoms with van der Waals surface area (Å²) in [5.74, 6) is -18.4. The lowest BCUT2D eigenvalue weighted by atomic mass is 9.80. The molecule has 2 aromatic carbocycles. The lowest BCUT2D eigenvalue weighted by molar-refractivity contribution is -0.140. The molecule has 16 amide bonds. The number of primary amides is 3. The molecule has 3 aromatic rings. The van der Waals surface area contributed by atoms with Crippen molar-refractivity contribution in [2.75, 3.05) is 19.6 Å². The van der Waals surface area contributed by atoms with Crippen LogP contribution in [0.4, 0.5) is 0 Å². The highest BCUT2D eigenvalue weighted by atomic mass is 16.3. The number of benzene rings is 2. The maximum Gasteiger partial charge on any atom is 0.246 e. The van der Waals surface area contributed by atoms with Crippen molar-refractivity contribution >= 4 is 112 Å². The zero-order valence-corrected chi connectivity index (χ0v) is 72.9. The normalized spacial score (nSPS) is 15.3. The predicted molar refractivity (Wildman–Crippen MR) is 463 cm³/mol. The Hall–Kier alpha value is -13.5. The van der Waals surface area contributed by atoms with Crippen LogP contribution < -0.4 is 119 Å². The standard InChI is InChI=1S/C81H129N27O19/c1-41(2)33-56(96-45(8)110)70(120)98-52(16-13-31-93-79(87)88)68(118)104-59(37-48-39-91-40-95-48)71(121)103-58(36-47-20-24-50(112)25-21-47)74(124)108-81(28-10-9-11-29-81)77(127)105-60(38-62(83)114)72(122)102-57(34-42(3)4)73(123)106-63(43(5)6)75(125)107-64(44(7)109)76(126)100-53(17-14-32-94-80(89)90)66(116)99-54(26-27-61(82)113)69(119)97-51(15-12-30-92-78(85)86)67(117)101-55(65(84)115)35-46-18-22-49(111)23-19-46/h18-25,39-44,51-60,63-64,109,111-112H,9-17,26-38H2,1-8H3,(H2,82,113)(H2,83,114)(H2,84,115)(H,91,95)(H,96,110)(H,97,119)(H,98,120)(H,99,116)(H,100,126)(H,101,117)(H,102,122)(H,103,121)(H,104,118)(H,105,127)(H,106,123)(H,107,125)(H,108,124)(H4,85,86,92)(H4,87,88,93)(H4,89,90,94)/t44-,51+,52+,53+,54+,55+,56+,57+,58+,59+,60+,63+,64+/m1/s1. The molecule has 0 aliphatic heterocycles. The summed E-state index contributed by atoms with van der Waals surface area (Å²) in [5, 5.41) is 95.5. The number of H-pyrrole nitrogens is 1. The Morgan fingerprint density at radius 3 is 1.20 bits per heavy atom. The highest BCUT2D eigenvalue weighted by molar-refractivity contribution is 6.02. The summed E-state index contributed by atoms with van der Waals surface area (Å²) < 4.78 is 0. The maximum atomic E-state index is 15.2. The van der Waals surface area contributed by atoms with Crippen molar-refractivity contribution in [1.82, 2.24) is 95.0 Å². The maximum absolute atomic E-state index is 15.2. The molecule has 0 spiro atoms. The van der Waals surface area contributed by atoms with Gasteiger partial charge in [-0.2, -0.15) is 0 Å². The van der Waals surface area contributed by atoms with Gasteiger partial charge in [-0.3, -0.25) is 92.9 Å². The Kier molecular flexibility index (Phi) is 44.2. The number of aromatic hydroxyl groups is 2. The number of imidazole rings is 1. The Morgan fingerprint density at radius 2 is 0.795 bits per heavy atom. The molecule has 1 fully saturated rings. The Balaban J connectivity index is 1.64. The number of rotatable bonds is 55. The van der Waals surface area contributed by atoms with Crippen LogP contribution in [0.2, 0.25) is 0 Å². The second-order valence-corrected chi connectivity index (χ2v) is 32.7. The van der Waals surface area contributed by atoms with Gasteiger partial charge in [-0.1, -0.05) is 85.1 Å². The quantitative estimate of drug-likeness (QED) is 0.0142. The smallest absolute Gasteiger partial charge is 0.246 e. The van der Waals surface area contributed by atoms with Gasteiger partial charge in [-0.25, -0.2) is 4.98 Å². The molecule has 1 heterocycles. The Morgan fingerprint density at radius 1 is 0.425 bits per heavy atom. The minimum Gasteiger partial charge on any atom is -0.508 e. The molecule has 0 bridgehead atoms. The first-order chi connectivity index (χ1) is 59.8. The van der Waals surface area contributed by atoms with Crippen molar-refractivity contribution in [3.63, 3.8) is 0 Å². The summed E-state index contributed by atoms with van der Waals surface area (Å²) in [6.45, 7) is 12.4. The average molecular weight is 1790 g/mol. The number of nitrogens with zero attached hydrogens (tertiary/aromatic N) is 1. The summed E-state index contributed by atoms with van der Waals surface area (Å²) >= 11 is 0. The molecular formula is C81H129N27O19. The van der Waals surface area contributed by atoms with E-state index < -0.39 is 222 Å². The van der Waals surface area contributed by atoms with Crippen LogP contribution in [0, 0.1) is 34.0 Å². The van der Waals surface area contributed by atoms with E-state index in [9.17, 15) is 82.4 Å². The summed E-state index contributed by atoms with van der Waals surface area (Å²) in [6.07, 6.45) is -1.03. The lowest BCUT2D eigenvalue weighted by Gasteiger charge is -2.38. The number of guanidine groups is 3. The molecule has 46 nitrogen and oxygen atoms in total. The van der Waals surface area contributed by atoms with Gasteiger partial charge in [-0.05, 0) is 131 Å². The summed E-state index contributed by atoms with van der Waals surface area (Å²) in [5.41, 5.74) is 32.7. The van der Waals surface area contributed by atoms with Gasteiger partial charge in [-0.15, -0.1) is 0 Å². The fourth-order valence-corrected chi connectivity index (χ4v) is 13.8. The van der Waals surface area contributed by atoms with Gasteiger partial charge < -0.3 is 140 Å². The molecule has 1 aliphatic rings. The fraction of sp³-hybridized carbons (Fsp3) is 0.580. The van der Waals surface area contributed by atoms with Crippen molar-refractivity contribution in [3.8, 4) is 11.5 Å². The summed E-state index contributed by atoms with van der Waals surface area (Å²) in [7, 11) is 0. The number of hydrogen-bond acceptors (Lipinski definition) is 23. The Bertz CT molecular complexity index is 4260. The highest BCUT2D eigenvalue weighted by Crippen LogP contribution is 2.30. The summed E-state index contributed by atoms with van der Waals surface area (Å²) in [4.78, 5) is 233. The van der Waals surface area contributed by atoms with E-state index in [1.807, 2.05) is 13.8 Å². The average Bonchev–Trinajstić information content (AvgIpc) is 1.18. The van der Waals surface area contributed by atoms with Crippen molar-refractivity contribution in [2.45, 2.75) is 262 Å². The SMILES string of the molecule is CC(=O)N[C@@H](CC(C)C)C(=O)N[C@@H](CCCNC(=N)N)C(=O)N[C@@H](Cc1cnc[nH]1)C(=O)N[C@@H](Cc1ccc(O)cc1)C(=O)NC1(C(=O)N[C@@H](CC(N)=O)C(=O)N[C@@H](CC(C)C)C(=O)N[C@H](C(=O)N[C@H](C(=O)N[C@@H](CCCNC(=N)N)C(=O)N[C@@H](CCC(N)=O)C(=O)N[C@@H](CCCNC(=N)N)C(=O)N[C@@H](Cc2ccc(O)cc2)C(N)=O)[C@@H](C)O)C(C)C)CCCCC1. The number of phenolic OH excluding ortho intramolecular Hbond substituents is 2. The molecule has 0 unspecified atom stereocenters. The molecule has 1 aliphatic carbocycles. The molecule has 1 saturated carbocycles. The van der Waals surface area contributed by atoms with E-state index in [0.717, 1.165) is 6.92 Å². The first kappa shape index (κ1) is 106. The number of aromatic amines is 1. The monoisotopic (exact) mass is 1780 g/mol. The van der Waals surface area contributed by atoms with Crippen LogP contribution >= 0.6 is 0 Å².